The molecule has 0 fully saturated rings. The van der Waals surface area contributed by atoms with E-state index in [-0.39, 0.29) is 36.8 Å². The summed E-state index contributed by atoms with van der Waals surface area (Å²) < 4.78 is 14.3. The molecular weight excluding hydrogens is 331 g/mol. The molecular formula is C17H17FN2O5. The van der Waals surface area contributed by atoms with Gasteiger partial charge >= 0.3 is 0 Å². The fraction of sp³-hybridized carbons (Fsp3) is 0.294. The van der Waals surface area contributed by atoms with Crippen molar-refractivity contribution < 1.29 is 24.5 Å². The minimum absolute atomic E-state index is 0.0788. The highest BCUT2D eigenvalue weighted by atomic mass is 19.1. The van der Waals surface area contributed by atoms with Crippen LogP contribution in [0.3, 0.4) is 0 Å². The number of hydrogen-bond acceptors (Lipinski definition) is 5. The number of aromatic nitrogens is 1. The van der Waals surface area contributed by atoms with Crippen molar-refractivity contribution in [2.24, 2.45) is 0 Å². The lowest BCUT2D eigenvalue weighted by molar-refractivity contribution is 0.0645. The Morgan fingerprint density at radius 3 is 2.48 bits per heavy atom. The Balaban J connectivity index is 1.98. The first-order valence-corrected chi connectivity index (χ1v) is 7.71. The number of benzene rings is 1. The zero-order valence-corrected chi connectivity index (χ0v) is 13.2. The molecule has 1 amide bonds. The van der Waals surface area contributed by atoms with E-state index in [4.69, 9.17) is 5.11 Å². The van der Waals surface area contributed by atoms with Crippen molar-refractivity contribution in [1.82, 2.24) is 9.47 Å². The Morgan fingerprint density at radius 2 is 1.84 bits per heavy atom. The first-order chi connectivity index (χ1) is 11.9. The number of aliphatic hydroxyl groups is 2. The van der Waals surface area contributed by atoms with Crippen LogP contribution in [0.25, 0.3) is 0 Å². The summed E-state index contributed by atoms with van der Waals surface area (Å²) in [4.78, 5) is 26.1. The third-order valence-corrected chi connectivity index (χ3v) is 4.20. The van der Waals surface area contributed by atoms with Gasteiger partial charge < -0.3 is 24.8 Å². The van der Waals surface area contributed by atoms with Crippen molar-refractivity contribution in [3.05, 3.63) is 63.3 Å². The SMILES string of the molecule is O=C1c2c(O)c(=O)cc(C(O)CO)n2CCN1Cc1ccc(F)cc1. The maximum absolute atomic E-state index is 13.0. The van der Waals surface area contributed by atoms with Gasteiger partial charge in [-0.3, -0.25) is 9.59 Å². The summed E-state index contributed by atoms with van der Waals surface area (Å²) in [5.41, 5.74) is -0.235. The Morgan fingerprint density at radius 1 is 1.16 bits per heavy atom. The highest BCUT2D eigenvalue weighted by molar-refractivity contribution is 5.95. The number of aromatic hydroxyl groups is 1. The van der Waals surface area contributed by atoms with Gasteiger partial charge in [0, 0.05) is 25.7 Å². The molecule has 1 atom stereocenters. The van der Waals surface area contributed by atoms with Crippen LogP contribution in [0, 0.1) is 5.82 Å². The van der Waals surface area contributed by atoms with Crippen LogP contribution in [0.2, 0.25) is 0 Å². The predicted octanol–water partition coefficient (Wildman–Crippen LogP) is 0.375. The highest BCUT2D eigenvalue weighted by Crippen LogP contribution is 2.25. The number of carbonyl (C=O) groups is 1. The number of aliphatic hydroxyl groups excluding tert-OH is 2. The van der Waals surface area contributed by atoms with Gasteiger partial charge in [-0.25, -0.2) is 4.39 Å². The second-order valence-corrected chi connectivity index (χ2v) is 5.83. The van der Waals surface area contributed by atoms with E-state index < -0.39 is 29.8 Å². The monoisotopic (exact) mass is 348 g/mol. The van der Waals surface area contributed by atoms with Crippen molar-refractivity contribution in [2.75, 3.05) is 13.2 Å². The molecule has 25 heavy (non-hydrogen) atoms. The average molecular weight is 348 g/mol. The number of hydrogen-bond donors (Lipinski definition) is 3. The average Bonchev–Trinajstić information content (AvgIpc) is 2.61. The zero-order chi connectivity index (χ0) is 18.1. The van der Waals surface area contributed by atoms with E-state index in [1.807, 2.05) is 0 Å². The lowest BCUT2D eigenvalue weighted by Gasteiger charge is -2.32. The van der Waals surface area contributed by atoms with Crippen molar-refractivity contribution in [2.45, 2.75) is 19.2 Å². The molecule has 8 heteroatoms. The first kappa shape index (κ1) is 17.1. The Kier molecular flexibility index (Phi) is 4.56. The summed E-state index contributed by atoms with van der Waals surface area (Å²) in [5.74, 6) is -1.65. The van der Waals surface area contributed by atoms with E-state index in [1.165, 1.54) is 21.6 Å². The van der Waals surface area contributed by atoms with Crippen molar-refractivity contribution in [3.8, 4) is 5.75 Å². The van der Waals surface area contributed by atoms with E-state index in [0.29, 0.717) is 5.56 Å². The summed E-state index contributed by atoms with van der Waals surface area (Å²) in [6.07, 6.45) is -1.33. The van der Waals surface area contributed by atoms with E-state index in [0.717, 1.165) is 6.07 Å². The van der Waals surface area contributed by atoms with Crippen LogP contribution in [0.4, 0.5) is 4.39 Å². The molecule has 3 rings (SSSR count). The third-order valence-electron chi connectivity index (χ3n) is 4.20. The molecule has 2 heterocycles. The van der Waals surface area contributed by atoms with Gasteiger partial charge in [0.2, 0.25) is 5.43 Å². The molecule has 1 aromatic heterocycles. The second kappa shape index (κ2) is 6.66. The molecule has 0 aliphatic carbocycles. The Hall–Kier alpha value is -2.71. The van der Waals surface area contributed by atoms with Crippen molar-refractivity contribution in [3.63, 3.8) is 0 Å². The fourth-order valence-corrected chi connectivity index (χ4v) is 2.91. The molecule has 3 N–H and O–H groups in total. The van der Waals surface area contributed by atoms with E-state index in [2.05, 4.69) is 0 Å². The summed E-state index contributed by atoms with van der Waals surface area (Å²) in [5, 5.41) is 29.0. The van der Waals surface area contributed by atoms with Gasteiger partial charge in [0.15, 0.2) is 11.4 Å². The summed E-state index contributed by atoms with van der Waals surface area (Å²) in [6.45, 7) is 0.0931. The number of rotatable bonds is 4. The summed E-state index contributed by atoms with van der Waals surface area (Å²) in [7, 11) is 0. The van der Waals surface area contributed by atoms with Gasteiger partial charge in [-0.05, 0) is 17.7 Å². The molecule has 0 bridgehead atoms. The lowest BCUT2D eigenvalue weighted by Crippen LogP contribution is -2.42. The molecule has 7 nitrogen and oxygen atoms in total. The van der Waals surface area contributed by atoms with Crippen LogP contribution >= 0.6 is 0 Å². The molecule has 1 aliphatic rings. The second-order valence-electron chi connectivity index (χ2n) is 5.83. The Labute approximate surface area is 142 Å². The van der Waals surface area contributed by atoms with Crippen LogP contribution in [0.5, 0.6) is 5.75 Å². The smallest absolute Gasteiger partial charge is 0.274 e. The molecule has 0 saturated heterocycles. The largest absolute Gasteiger partial charge is 0.503 e. The molecule has 1 aromatic carbocycles. The fourth-order valence-electron chi connectivity index (χ4n) is 2.91. The van der Waals surface area contributed by atoms with Crippen LogP contribution in [0.15, 0.2) is 35.1 Å². The highest BCUT2D eigenvalue weighted by Gasteiger charge is 2.31. The van der Waals surface area contributed by atoms with Gasteiger partial charge in [0.1, 0.15) is 11.9 Å². The number of amides is 1. The van der Waals surface area contributed by atoms with E-state index in [9.17, 15) is 24.2 Å². The standard InChI is InChI=1S/C17H17FN2O5/c18-11-3-1-10(2-4-11)8-19-5-6-20-12(14(23)9-21)7-13(22)16(24)15(20)17(19)25/h1-4,7,14,21,23-24H,5-6,8-9H2. The van der Waals surface area contributed by atoms with Crippen LogP contribution in [0.1, 0.15) is 27.8 Å². The van der Waals surface area contributed by atoms with E-state index >= 15 is 0 Å². The summed E-state index contributed by atoms with van der Waals surface area (Å²) >= 11 is 0. The normalized spacial score (nSPS) is 15.2. The van der Waals surface area contributed by atoms with Gasteiger partial charge in [0.05, 0.1) is 12.3 Å². The molecule has 2 aromatic rings. The molecule has 1 aliphatic heterocycles. The molecule has 0 saturated carbocycles. The van der Waals surface area contributed by atoms with Gasteiger partial charge in [-0.2, -0.15) is 0 Å². The maximum Gasteiger partial charge on any atom is 0.274 e. The van der Waals surface area contributed by atoms with Gasteiger partial charge in [-0.15, -0.1) is 0 Å². The third kappa shape index (κ3) is 3.13. The number of carbonyl (C=O) groups excluding carboxylic acids is 1. The summed E-state index contributed by atoms with van der Waals surface area (Å²) in [6, 6.07) is 6.69. The number of halogens is 1. The number of nitrogens with zero attached hydrogens (tertiary/aromatic N) is 2. The van der Waals surface area contributed by atoms with Crippen LogP contribution < -0.4 is 5.43 Å². The molecule has 0 radical (unpaired) electrons. The molecule has 132 valence electrons. The molecule has 1 unspecified atom stereocenters. The van der Waals surface area contributed by atoms with E-state index in [1.54, 1.807) is 12.1 Å². The predicted molar refractivity (Wildman–Crippen MR) is 85.6 cm³/mol. The van der Waals surface area contributed by atoms with Gasteiger partial charge in [-0.1, -0.05) is 12.1 Å². The maximum atomic E-state index is 13.0. The zero-order valence-electron chi connectivity index (χ0n) is 13.2. The van der Waals surface area contributed by atoms with Crippen LogP contribution in [-0.4, -0.2) is 43.8 Å². The molecule has 0 spiro atoms. The quantitative estimate of drug-likeness (QED) is 0.741. The first-order valence-electron chi connectivity index (χ1n) is 7.71. The minimum atomic E-state index is -1.33. The lowest BCUT2D eigenvalue weighted by atomic mass is 10.1. The minimum Gasteiger partial charge on any atom is -0.503 e. The number of pyridine rings is 1. The van der Waals surface area contributed by atoms with Gasteiger partial charge in [0.25, 0.3) is 5.91 Å². The topological polar surface area (TPSA) is 103 Å². The van der Waals surface area contributed by atoms with Crippen molar-refractivity contribution in [1.29, 1.82) is 0 Å². The Bertz CT molecular complexity index is 863. The number of fused-ring (bicyclic) bond motifs is 1. The van der Waals surface area contributed by atoms with Crippen molar-refractivity contribution >= 4 is 5.91 Å². The van der Waals surface area contributed by atoms with Crippen LogP contribution in [-0.2, 0) is 13.1 Å².